The van der Waals surface area contributed by atoms with E-state index >= 15 is 0 Å². The van der Waals surface area contributed by atoms with Gasteiger partial charge in [0, 0.05) is 24.5 Å². The van der Waals surface area contributed by atoms with E-state index in [0.717, 1.165) is 11.3 Å². The lowest BCUT2D eigenvalue weighted by atomic mass is 10.2. The zero-order valence-electron chi connectivity index (χ0n) is 15.3. The van der Waals surface area contributed by atoms with Gasteiger partial charge in [-0.1, -0.05) is 30.3 Å². The van der Waals surface area contributed by atoms with Crippen LogP contribution in [0.3, 0.4) is 0 Å². The highest BCUT2D eigenvalue weighted by atomic mass is 32.2. The molecule has 7 heteroatoms. The third kappa shape index (κ3) is 4.50. The largest absolute Gasteiger partial charge is 0.493 e. The Labute approximate surface area is 159 Å². The Kier molecular flexibility index (Phi) is 5.83. The Morgan fingerprint density at radius 2 is 1.67 bits per heavy atom. The molecule has 1 aromatic heterocycles. The van der Waals surface area contributed by atoms with E-state index in [1.807, 2.05) is 53.2 Å². The zero-order valence-corrected chi connectivity index (χ0v) is 16.1. The Bertz CT molecular complexity index is 998. The molecule has 0 radical (unpaired) electrons. The highest BCUT2D eigenvalue weighted by molar-refractivity contribution is 7.89. The second-order valence-corrected chi connectivity index (χ2v) is 7.72. The van der Waals surface area contributed by atoms with E-state index in [4.69, 9.17) is 9.47 Å². The minimum atomic E-state index is -3.68. The highest BCUT2D eigenvalue weighted by Gasteiger charge is 2.17. The van der Waals surface area contributed by atoms with Crippen LogP contribution in [0, 0.1) is 0 Å². The van der Waals surface area contributed by atoms with Gasteiger partial charge < -0.3 is 14.0 Å². The number of methoxy groups -OCH3 is 2. The number of hydrogen-bond donors (Lipinski definition) is 1. The van der Waals surface area contributed by atoms with Gasteiger partial charge in [-0.05, 0) is 29.8 Å². The van der Waals surface area contributed by atoms with Gasteiger partial charge in [-0.2, -0.15) is 0 Å². The molecule has 142 valence electrons. The van der Waals surface area contributed by atoms with Crippen LogP contribution in [0.4, 0.5) is 0 Å². The van der Waals surface area contributed by atoms with Crippen LogP contribution in [0.1, 0.15) is 11.3 Å². The summed E-state index contributed by atoms with van der Waals surface area (Å²) in [6.45, 7) is 0.873. The lowest BCUT2D eigenvalue weighted by Gasteiger charge is -2.13. The molecule has 0 unspecified atom stereocenters. The maximum atomic E-state index is 12.6. The number of nitrogens with zero attached hydrogens (tertiary/aromatic N) is 1. The Morgan fingerprint density at radius 1 is 0.926 bits per heavy atom. The number of aromatic nitrogens is 1. The second-order valence-electron chi connectivity index (χ2n) is 5.95. The monoisotopic (exact) mass is 386 g/mol. The van der Waals surface area contributed by atoms with Crippen LogP contribution in [-0.4, -0.2) is 27.2 Å². The van der Waals surface area contributed by atoms with E-state index in [1.54, 1.807) is 6.07 Å². The first-order valence-corrected chi connectivity index (χ1v) is 9.91. The summed E-state index contributed by atoms with van der Waals surface area (Å²) in [5, 5.41) is 0. The Balaban J connectivity index is 1.74. The van der Waals surface area contributed by atoms with Crippen molar-refractivity contribution < 1.29 is 17.9 Å². The summed E-state index contributed by atoms with van der Waals surface area (Å²) in [4.78, 5) is 0.126. The minimum absolute atomic E-state index is 0.126. The van der Waals surface area contributed by atoms with Gasteiger partial charge in [0.25, 0.3) is 0 Å². The summed E-state index contributed by atoms with van der Waals surface area (Å²) in [5.74, 6) is 0.848. The van der Waals surface area contributed by atoms with Crippen LogP contribution in [0.25, 0.3) is 0 Å². The van der Waals surface area contributed by atoms with Gasteiger partial charge in [0.2, 0.25) is 10.0 Å². The van der Waals surface area contributed by atoms with Gasteiger partial charge in [0.1, 0.15) is 0 Å². The zero-order chi connectivity index (χ0) is 19.3. The number of sulfonamides is 1. The second kappa shape index (κ2) is 8.28. The van der Waals surface area contributed by atoms with Crippen LogP contribution in [0.15, 0.2) is 71.8 Å². The van der Waals surface area contributed by atoms with Gasteiger partial charge in [-0.25, -0.2) is 13.1 Å². The molecule has 0 fully saturated rings. The van der Waals surface area contributed by atoms with Gasteiger partial charge in [-0.15, -0.1) is 0 Å². The number of nitrogens with one attached hydrogen (secondary N) is 1. The van der Waals surface area contributed by atoms with Crippen molar-refractivity contribution in [3.63, 3.8) is 0 Å². The third-order valence-corrected chi connectivity index (χ3v) is 5.63. The van der Waals surface area contributed by atoms with Gasteiger partial charge >= 0.3 is 0 Å². The SMILES string of the molecule is COc1ccc(S(=O)(=O)NCc2cccn2Cc2ccccc2)cc1OC. The lowest BCUT2D eigenvalue weighted by molar-refractivity contribution is 0.354. The predicted octanol–water partition coefficient (Wildman–Crippen LogP) is 3.03. The lowest BCUT2D eigenvalue weighted by Crippen LogP contribution is -2.24. The van der Waals surface area contributed by atoms with Crippen molar-refractivity contribution in [3.8, 4) is 11.5 Å². The van der Waals surface area contributed by atoms with Crippen LogP contribution >= 0.6 is 0 Å². The molecule has 1 heterocycles. The van der Waals surface area contributed by atoms with E-state index in [0.29, 0.717) is 18.0 Å². The summed E-state index contributed by atoms with van der Waals surface area (Å²) >= 11 is 0. The Morgan fingerprint density at radius 3 is 2.37 bits per heavy atom. The fraction of sp³-hybridized carbons (Fsp3) is 0.200. The van der Waals surface area contributed by atoms with Crippen molar-refractivity contribution in [2.45, 2.75) is 18.0 Å². The maximum Gasteiger partial charge on any atom is 0.241 e. The van der Waals surface area contributed by atoms with Crippen LogP contribution < -0.4 is 14.2 Å². The summed E-state index contributed by atoms with van der Waals surface area (Å²) in [5.41, 5.74) is 2.03. The molecule has 0 saturated carbocycles. The number of rotatable bonds is 8. The molecule has 0 aliphatic heterocycles. The van der Waals surface area contributed by atoms with Gasteiger partial charge in [0.05, 0.1) is 25.7 Å². The van der Waals surface area contributed by atoms with Crippen molar-refractivity contribution in [1.82, 2.24) is 9.29 Å². The summed E-state index contributed by atoms with van der Waals surface area (Å²) in [6, 6.07) is 18.3. The van der Waals surface area contributed by atoms with Crippen molar-refractivity contribution in [2.75, 3.05) is 14.2 Å². The summed E-state index contributed by atoms with van der Waals surface area (Å²) < 4.78 is 40.3. The van der Waals surface area contributed by atoms with E-state index in [9.17, 15) is 8.42 Å². The van der Waals surface area contributed by atoms with Crippen molar-refractivity contribution in [2.24, 2.45) is 0 Å². The van der Waals surface area contributed by atoms with E-state index in [2.05, 4.69) is 4.72 Å². The molecule has 2 aromatic carbocycles. The molecule has 0 bridgehead atoms. The summed E-state index contributed by atoms with van der Waals surface area (Å²) in [7, 11) is -0.707. The number of hydrogen-bond acceptors (Lipinski definition) is 4. The first kappa shape index (κ1) is 19.0. The first-order chi connectivity index (χ1) is 13.0. The minimum Gasteiger partial charge on any atom is -0.493 e. The number of benzene rings is 2. The average Bonchev–Trinajstić information content (AvgIpc) is 3.13. The van der Waals surface area contributed by atoms with Crippen molar-refractivity contribution in [3.05, 3.63) is 78.1 Å². The number of ether oxygens (including phenoxy) is 2. The molecule has 0 aliphatic carbocycles. The molecule has 3 aromatic rings. The molecule has 1 N–H and O–H groups in total. The summed E-state index contributed by atoms with van der Waals surface area (Å²) in [6.07, 6.45) is 1.94. The first-order valence-electron chi connectivity index (χ1n) is 8.43. The molecule has 0 aliphatic rings. The van der Waals surface area contributed by atoms with E-state index < -0.39 is 10.0 Å². The van der Waals surface area contributed by atoms with Crippen LogP contribution in [-0.2, 0) is 23.1 Å². The normalized spacial score (nSPS) is 11.3. The molecule has 0 amide bonds. The smallest absolute Gasteiger partial charge is 0.241 e. The highest BCUT2D eigenvalue weighted by Crippen LogP contribution is 2.29. The fourth-order valence-corrected chi connectivity index (χ4v) is 3.79. The molecule has 3 rings (SSSR count). The maximum absolute atomic E-state index is 12.6. The molecule has 27 heavy (non-hydrogen) atoms. The van der Waals surface area contributed by atoms with Crippen LogP contribution in [0.5, 0.6) is 11.5 Å². The molecule has 0 atom stereocenters. The standard InChI is InChI=1S/C20H22N2O4S/c1-25-19-11-10-18(13-20(19)26-2)27(23,24)21-14-17-9-6-12-22(17)15-16-7-4-3-5-8-16/h3-13,21H,14-15H2,1-2H3. The quantitative estimate of drug-likeness (QED) is 0.646. The molecule has 6 nitrogen and oxygen atoms in total. The average molecular weight is 386 g/mol. The van der Waals surface area contributed by atoms with E-state index in [-0.39, 0.29) is 11.4 Å². The van der Waals surface area contributed by atoms with Gasteiger partial charge in [0.15, 0.2) is 11.5 Å². The van der Waals surface area contributed by atoms with Gasteiger partial charge in [-0.3, -0.25) is 0 Å². The fourth-order valence-electron chi connectivity index (χ4n) is 2.78. The van der Waals surface area contributed by atoms with Crippen LogP contribution in [0.2, 0.25) is 0 Å². The third-order valence-electron chi connectivity index (χ3n) is 4.23. The Hall–Kier alpha value is -2.77. The molecule has 0 spiro atoms. The van der Waals surface area contributed by atoms with E-state index in [1.165, 1.54) is 26.4 Å². The topological polar surface area (TPSA) is 69.6 Å². The van der Waals surface area contributed by atoms with Crippen molar-refractivity contribution in [1.29, 1.82) is 0 Å². The molecular formula is C20H22N2O4S. The predicted molar refractivity (Wildman–Crippen MR) is 104 cm³/mol. The molecular weight excluding hydrogens is 364 g/mol. The molecule has 0 saturated heterocycles. The van der Waals surface area contributed by atoms with Crippen molar-refractivity contribution >= 4 is 10.0 Å².